The largest absolute Gasteiger partial charge is 0.325 e. The molecule has 0 atom stereocenters. The molecule has 1 amide bonds. The number of carbonyl (C=O) groups is 2. The van der Waals surface area contributed by atoms with E-state index in [1.54, 1.807) is 18.2 Å². The quantitative estimate of drug-likeness (QED) is 0.866. The number of amides is 1. The van der Waals surface area contributed by atoms with Crippen LogP contribution in [0.2, 0.25) is 0 Å². The van der Waals surface area contributed by atoms with Gasteiger partial charge in [0, 0.05) is 11.3 Å². The van der Waals surface area contributed by atoms with E-state index in [1.165, 1.54) is 39.0 Å². The number of nitrogens with one attached hydrogen (secondary N) is 1. The van der Waals surface area contributed by atoms with Crippen molar-refractivity contribution in [2.45, 2.75) is 39.0 Å². The second kappa shape index (κ2) is 7.93. The molecular weight excluding hydrogens is 264 g/mol. The van der Waals surface area contributed by atoms with Crippen molar-refractivity contribution >= 4 is 17.4 Å². The average Bonchev–Trinajstić information content (AvgIpc) is 2.42. The molecule has 21 heavy (non-hydrogen) atoms. The van der Waals surface area contributed by atoms with E-state index in [2.05, 4.69) is 10.2 Å². The zero-order chi connectivity index (χ0) is 15.1. The molecule has 114 valence electrons. The first-order chi connectivity index (χ1) is 10.1. The van der Waals surface area contributed by atoms with Crippen LogP contribution in [-0.2, 0) is 4.79 Å². The fourth-order valence-corrected chi connectivity index (χ4v) is 2.69. The van der Waals surface area contributed by atoms with Gasteiger partial charge in [0.25, 0.3) is 0 Å². The van der Waals surface area contributed by atoms with Gasteiger partial charge in [0.15, 0.2) is 5.78 Å². The zero-order valence-electron chi connectivity index (χ0n) is 12.7. The van der Waals surface area contributed by atoms with Crippen LogP contribution in [0.3, 0.4) is 0 Å². The Morgan fingerprint density at radius 1 is 1.10 bits per heavy atom. The number of likely N-dealkylation sites (tertiary alicyclic amines) is 1. The lowest BCUT2D eigenvalue weighted by Crippen LogP contribution is -2.35. The van der Waals surface area contributed by atoms with E-state index in [9.17, 15) is 9.59 Å². The molecule has 0 saturated carbocycles. The Balaban J connectivity index is 1.88. The first-order valence-electron chi connectivity index (χ1n) is 7.78. The lowest BCUT2D eigenvalue weighted by atomic mass is 10.1. The van der Waals surface area contributed by atoms with Crippen molar-refractivity contribution in [3.8, 4) is 0 Å². The maximum Gasteiger partial charge on any atom is 0.238 e. The first kappa shape index (κ1) is 15.7. The van der Waals surface area contributed by atoms with Gasteiger partial charge in [-0.2, -0.15) is 0 Å². The summed E-state index contributed by atoms with van der Waals surface area (Å²) >= 11 is 0. The lowest BCUT2D eigenvalue weighted by molar-refractivity contribution is -0.117. The van der Waals surface area contributed by atoms with Crippen LogP contribution in [0, 0.1) is 0 Å². The fourth-order valence-electron chi connectivity index (χ4n) is 2.69. The summed E-state index contributed by atoms with van der Waals surface area (Å²) in [5.41, 5.74) is 1.32. The third-order valence-electron chi connectivity index (χ3n) is 3.87. The van der Waals surface area contributed by atoms with Crippen molar-refractivity contribution < 1.29 is 9.59 Å². The molecule has 1 aliphatic rings. The standard InChI is InChI=1S/C17H24N2O2/c1-14(20)15-8-7-9-16(12-15)18-17(21)13-19-10-5-3-2-4-6-11-19/h7-9,12H,2-6,10-11,13H2,1H3,(H,18,21). The SMILES string of the molecule is CC(=O)c1cccc(NC(=O)CN2CCCCCCC2)c1. The number of hydrogen-bond donors (Lipinski definition) is 1. The molecule has 4 nitrogen and oxygen atoms in total. The average molecular weight is 288 g/mol. The number of carbonyl (C=O) groups excluding carboxylic acids is 2. The molecule has 0 radical (unpaired) electrons. The number of nitrogens with zero attached hydrogens (tertiary/aromatic N) is 1. The monoisotopic (exact) mass is 288 g/mol. The van der Waals surface area contributed by atoms with Gasteiger partial charge in [-0.05, 0) is 45.0 Å². The third-order valence-corrected chi connectivity index (χ3v) is 3.87. The molecular formula is C17H24N2O2. The van der Waals surface area contributed by atoms with E-state index >= 15 is 0 Å². The number of hydrogen-bond acceptors (Lipinski definition) is 3. The van der Waals surface area contributed by atoms with Crippen LogP contribution in [0.15, 0.2) is 24.3 Å². The van der Waals surface area contributed by atoms with Crippen LogP contribution in [0.5, 0.6) is 0 Å². The maximum atomic E-state index is 12.1. The lowest BCUT2D eigenvalue weighted by Gasteiger charge is -2.23. The van der Waals surface area contributed by atoms with Crippen LogP contribution in [0.25, 0.3) is 0 Å². The molecule has 0 aromatic heterocycles. The Bertz CT molecular complexity index is 491. The Hall–Kier alpha value is -1.68. The van der Waals surface area contributed by atoms with Gasteiger partial charge in [0.2, 0.25) is 5.91 Å². The van der Waals surface area contributed by atoms with Crippen LogP contribution < -0.4 is 5.32 Å². The van der Waals surface area contributed by atoms with Gasteiger partial charge >= 0.3 is 0 Å². The second-order valence-corrected chi connectivity index (χ2v) is 5.73. The van der Waals surface area contributed by atoms with Crippen molar-refractivity contribution in [2.75, 3.05) is 25.0 Å². The highest BCUT2D eigenvalue weighted by Gasteiger charge is 2.12. The number of benzene rings is 1. The predicted octanol–water partition coefficient (Wildman–Crippen LogP) is 3.09. The Kier molecular flexibility index (Phi) is 5.93. The summed E-state index contributed by atoms with van der Waals surface area (Å²) in [4.78, 5) is 25.7. The molecule has 0 aliphatic carbocycles. The van der Waals surface area contributed by atoms with Gasteiger partial charge in [-0.15, -0.1) is 0 Å². The molecule has 0 unspecified atom stereocenters. The van der Waals surface area contributed by atoms with Gasteiger partial charge in [0.05, 0.1) is 6.54 Å². The van der Waals surface area contributed by atoms with Gasteiger partial charge in [-0.3, -0.25) is 14.5 Å². The molecule has 0 bridgehead atoms. The molecule has 1 fully saturated rings. The topological polar surface area (TPSA) is 49.4 Å². The molecule has 1 aromatic rings. The van der Waals surface area contributed by atoms with E-state index in [4.69, 9.17) is 0 Å². The molecule has 1 saturated heterocycles. The molecule has 2 rings (SSSR count). The highest BCUT2D eigenvalue weighted by atomic mass is 16.2. The minimum Gasteiger partial charge on any atom is -0.325 e. The Morgan fingerprint density at radius 2 is 1.76 bits per heavy atom. The highest BCUT2D eigenvalue weighted by Crippen LogP contribution is 2.13. The normalized spacial score (nSPS) is 16.8. The van der Waals surface area contributed by atoms with Crippen molar-refractivity contribution in [3.63, 3.8) is 0 Å². The van der Waals surface area contributed by atoms with E-state index in [-0.39, 0.29) is 11.7 Å². The van der Waals surface area contributed by atoms with Crippen LogP contribution in [0.1, 0.15) is 49.4 Å². The summed E-state index contributed by atoms with van der Waals surface area (Å²) in [6.45, 7) is 3.97. The Labute approximate surface area is 126 Å². The highest BCUT2D eigenvalue weighted by molar-refractivity contribution is 5.97. The second-order valence-electron chi connectivity index (χ2n) is 5.73. The Morgan fingerprint density at radius 3 is 2.43 bits per heavy atom. The van der Waals surface area contributed by atoms with E-state index in [0.717, 1.165) is 13.1 Å². The minimum atomic E-state index is -0.00345. The van der Waals surface area contributed by atoms with E-state index < -0.39 is 0 Å². The van der Waals surface area contributed by atoms with Crippen LogP contribution >= 0.6 is 0 Å². The zero-order valence-corrected chi connectivity index (χ0v) is 12.7. The molecule has 4 heteroatoms. The smallest absolute Gasteiger partial charge is 0.238 e. The predicted molar refractivity (Wildman–Crippen MR) is 84.6 cm³/mol. The van der Waals surface area contributed by atoms with E-state index in [1.807, 2.05) is 6.07 Å². The van der Waals surface area contributed by atoms with Crippen molar-refractivity contribution in [3.05, 3.63) is 29.8 Å². The number of rotatable bonds is 4. The summed E-state index contributed by atoms with van der Waals surface area (Å²) in [5, 5.41) is 2.89. The summed E-state index contributed by atoms with van der Waals surface area (Å²) in [6.07, 6.45) is 6.19. The molecule has 0 spiro atoms. The fraction of sp³-hybridized carbons (Fsp3) is 0.529. The van der Waals surface area contributed by atoms with E-state index in [0.29, 0.717) is 17.8 Å². The van der Waals surface area contributed by atoms with Crippen LogP contribution in [-0.4, -0.2) is 36.2 Å². The molecule has 1 N–H and O–H groups in total. The van der Waals surface area contributed by atoms with Gasteiger partial charge in [-0.25, -0.2) is 0 Å². The molecule has 1 heterocycles. The summed E-state index contributed by atoms with van der Waals surface area (Å²) in [5.74, 6) is 0.00569. The third kappa shape index (κ3) is 5.31. The van der Waals surface area contributed by atoms with Gasteiger partial charge in [-0.1, -0.05) is 31.4 Å². The van der Waals surface area contributed by atoms with Gasteiger partial charge < -0.3 is 5.32 Å². The maximum absolute atomic E-state index is 12.1. The van der Waals surface area contributed by atoms with Crippen molar-refractivity contribution in [1.29, 1.82) is 0 Å². The number of Topliss-reactive ketones (excluding diaryl/α,β-unsaturated/α-hetero) is 1. The molecule has 1 aromatic carbocycles. The van der Waals surface area contributed by atoms with Crippen molar-refractivity contribution in [1.82, 2.24) is 4.90 Å². The number of ketones is 1. The summed E-state index contributed by atoms with van der Waals surface area (Å²) in [6, 6.07) is 7.10. The summed E-state index contributed by atoms with van der Waals surface area (Å²) in [7, 11) is 0. The molecule has 1 aliphatic heterocycles. The summed E-state index contributed by atoms with van der Waals surface area (Å²) < 4.78 is 0. The minimum absolute atomic E-state index is 0.00345. The first-order valence-corrected chi connectivity index (χ1v) is 7.78. The van der Waals surface area contributed by atoms with Crippen molar-refractivity contribution in [2.24, 2.45) is 0 Å². The van der Waals surface area contributed by atoms with Crippen LogP contribution in [0.4, 0.5) is 5.69 Å². The number of anilines is 1. The van der Waals surface area contributed by atoms with Gasteiger partial charge in [0.1, 0.15) is 0 Å².